The molecule has 14 aliphatic rings. The van der Waals surface area contributed by atoms with Gasteiger partial charge in [-0.05, 0) is 241 Å². The van der Waals surface area contributed by atoms with Crippen molar-refractivity contribution in [3.8, 4) is 0 Å². The minimum Gasteiger partial charge on any atom is -0.871 e. The number of carbonyl (C=O) groups is 4. The van der Waals surface area contributed by atoms with Crippen LogP contribution in [0.15, 0.2) is 318 Å². The van der Waals surface area contributed by atoms with Crippen LogP contribution in [-0.4, -0.2) is 103 Å². The van der Waals surface area contributed by atoms with Crippen LogP contribution in [0, 0.1) is 13.8 Å². The van der Waals surface area contributed by atoms with Crippen molar-refractivity contribution >= 4 is 100 Å². The van der Waals surface area contributed by atoms with Gasteiger partial charge in [0.05, 0.1) is 45.1 Å². The van der Waals surface area contributed by atoms with Crippen LogP contribution in [0.2, 0.25) is 0 Å². The van der Waals surface area contributed by atoms with E-state index in [4.69, 9.17) is 0 Å². The summed E-state index contributed by atoms with van der Waals surface area (Å²) in [4.78, 5) is 54.3. The van der Waals surface area contributed by atoms with Crippen LogP contribution in [0.3, 0.4) is 0 Å². The summed E-state index contributed by atoms with van der Waals surface area (Å²) in [7, 11) is 3.78. The number of Topliss-reactive ketones (excluding diaryl/α,β-unsaturated/α-hetero) is 4. The van der Waals surface area contributed by atoms with Crippen LogP contribution in [0.1, 0.15) is 218 Å². The Balaban J connectivity index is 0.000000113. The second-order valence-corrected chi connectivity index (χ2v) is 41.7. The van der Waals surface area contributed by atoms with Gasteiger partial charge >= 0.3 is 0 Å². The van der Waals surface area contributed by atoms with E-state index in [-0.39, 0.29) is 46.2 Å². The Hall–Kier alpha value is -13.2. The fourth-order valence-electron chi connectivity index (χ4n) is 24.0. The Morgan fingerprint density at radius 2 is 0.700 bits per heavy atom. The van der Waals surface area contributed by atoms with Gasteiger partial charge in [-0.15, -0.1) is 0 Å². The summed E-state index contributed by atoms with van der Waals surface area (Å²) in [5.41, 5.74) is 36.4. The van der Waals surface area contributed by atoms with Crippen LogP contribution >= 0.6 is 31.9 Å². The number of likely N-dealkylation sites (N-methyl/N-ethyl adjacent to an activating group) is 1. The molecule has 24 rings (SSSR count). The average Bonchev–Trinajstić information content (AvgIpc) is 1.55. The van der Waals surface area contributed by atoms with Gasteiger partial charge in [-0.25, -0.2) is 0 Å². The molecule has 0 unspecified atom stereocenters. The van der Waals surface area contributed by atoms with E-state index in [1.165, 1.54) is 127 Å². The van der Waals surface area contributed by atoms with Crippen molar-refractivity contribution in [2.75, 3.05) is 20.1 Å². The molecule has 0 amide bonds. The first kappa shape index (κ1) is 93.2. The molecular weight excluding hydrogens is 1870 g/mol. The molecule has 708 valence electrons. The first-order valence-corrected chi connectivity index (χ1v) is 52.2. The molecule has 4 aliphatic heterocycles. The second kappa shape index (κ2) is 39.5. The van der Waals surface area contributed by atoms with Gasteiger partial charge in [0.1, 0.15) is 7.05 Å². The van der Waals surface area contributed by atoms with Crippen molar-refractivity contribution in [2.24, 2.45) is 7.05 Å². The van der Waals surface area contributed by atoms with Gasteiger partial charge in [0.2, 0.25) is 45.9 Å². The van der Waals surface area contributed by atoms with E-state index in [1.807, 2.05) is 112 Å². The van der Waals surface area contributed by atoms with Crippen molar-refractivity contribution in [2.45, 2.75) is 221 Å². The lowest BCUT2D eigenvalue weighted by Gasteiger charge is -2.31. The van der Waals surface area contributed by atoms with Crippen LogP contribution < -0.4 is 20.4 Å². The molecule has 0 N–H and O–H groups in total. The summed E-state index contributed by atoms with van der Waals surface area (Å²) < 4.78 is 19.6. The summed E-state index contributed by atoms with van der Waals surface area (Å²) in [6.07, 6.45) is 35.8. The molecule has 16 nitrogen and oxygen atoms in total. The molecule has 10 aliphatic carbocycles. The monoisotopic (exact) mass is 1980 g/mol. The molecule has 18 heteroatoms. The van der Waals surface area contributed by atoms with E-state index in [2.05, 4.69) is 217 Å². The number of allylic oxidation sites excluding steroid dienone is 16. The van der Waals surface area contributed by atoms with Crippen LogP contribution in [0.5, 0.6) is 0 Å². The molecule has 0 spiro atoms. The number of hydrogen-bond donors (Lipinski definition) is 0. The smallest absolute Gasteiger partial charge is 0.219 e. The van der Waals surface area contributed by atoms with Crippen molar-refractivity contribution in [3.63, 3.8) is 0 Å². The van der Waals surface area contributed by atoms with Crippen molar-refractivity contribution in [3.05, 3.63) is 419 Å². The van der Waals surface area contributed by atoms with Gasteiger partial charge in [0, 0.05) is 172 Å². The number of hydrogen-bond acceptors (Lipinski definition) is 8. The molecular formula is C122H118Br2N8O8. The Kier molecular flexibility index (Phi) is 26.3. The third-order valence-electron chi connectivity index (χ3n) is 31.3. The first-order chi connectivity index (χ1) is 68.1. The second-order valence-electron chi connectivity index (χ2n) is 39.9. The van der Waals surface area contributed by atoms with Gasteiger partial charge < -0.3 is 38.7 Å². The highest BCUT2D eigenvalue weighted by molar-refractivity contribution is 9.10. The van der Waals surface area contributed by atoms with E-state index in [0.29, 0.717) is 57.7 Å². The van der Waals surface area contributed by atoms with Gasteiger partial charge in [0.15, 0.2) is 42.5 Å². The Morgan fingerprint density at radius 3 is 1.15 bits per heavy atom. The summed E-state index contributed by atoms with van der Waals surface area (Å²) in [5.74, 6) is -0.798. The van der Waals surface area contributed by atoms with E-state index in [9.17, 15) is 39.6 Å². The quantitative estimate of drug-likeness (QED) is 0.0409. The average molecular weight is 1980 g/mol. The van der Waals surface area contributed by atoms with Crippen molar-refractivity contribution in [1.29, 1.82) is 0 Å². The molecule has 8 heterocycles. The zero-order valence-electron chi connectivity index (χ0n) is 81.0. The number of fused-ring (bicyclic) bond motifs is 6. The lowest BCUT2D eigenvalue weighted by Crippen LogP contribution is -2.33. The third kappa shape index (κ3) is 17.5. The number of benzene rings is 6. The number of nitrogens with zero attached hydrogens (tertiary/aromatic N) is 8. The summed E-state index contributed by atoms with van der Waals surface area (Å²) in [6, 6.07) is 66.9. The Bertz CT molecular complexity index is 7420. The van der Waals surface area contributed by atoms with Gasteiger partial charge in [-0.3, -0.25) is 19.2 Å². The molecule has 0 bridgehead atoms. The van der Waals surface area contributed by atoms with E-state index in [0.717, 1.165) is 244 Å². The van der Waals surface area contributed by atoms with Gasteiger partial charge in [0.25, 0.3) is 0 Å². The van der Waals surface area contributed by atoms with Gasteiger partial charge in [-0.1, -0.05) is 213 Å². The largest absolute Gasteiger partial charge is 0.871 e. The number of aryl methyl sites for hydroxylation is 7. The molecule has 0 atom stereocenters. The maximum absolute atomic E-state index is 14.1. The summed E-state index contributed by atoms with van der Waals surface area (Å²) in [5, 5.41) is 54.3. The number of aromatic nitrogens is 4. The normalized spacial score (nSPS) is 20.6. The van der Waals surface area contributed by atoms with Crippen LogP contribution in [-0.2, 0) is 117 Å². The Labute approximate surface area is 837 Å². The molecule has 0 saturated heterocycles. The van der Waals surface area contributed by atoms with Crippen molar-refractivity contribution < 1.29 is 57.9 Å². The standard InChI is InChI=1S/C38H40N2O2.C34H30Br2N2O2.C32H28N2O2.C18H20N2O2/c41-37-35(33-25-29-17-9-3-11-19-31(29)39(33)23-21-27-13-5-1-6-14-27)38(42)36(37)34-26-30-18-10-4-12-20-32(30)40(34)24-22-28-15-7-2-8-16-28;35-25-11-7-21(8-12-25)15-17-37-27-5-1-3-23(27)19-29(37)31-33(39)32(34(31)40)30-20-24-4-2-6-28(24)38(30)18-16-22-9-13-26(36)14-10-22;35-31-29(27-17-23-13-7-15-25(23)33(27)19-21-9-3-1-4-10-21)32(36)30(31)28-18-24-14-8-16-26(24)34(28)20-22-11-5-2-6-12-22;1-9-7-11(3)19(5)15(9)13-17(21)14(18(13)22)16-10(2)8-12(4)20(16)6/h1-2,5-8,13-16,25-26H,3-4,9-12,17-24H2;7-14,19-20H,1-6,15-18H2;1-6,9-12,17-18H,7-8,13-16,19-20H2;7-8H,1-6H3. The molecule has 3 fully saturated rings. The molecule has 3 saturated carbocycles. The van der Waals surface area contributed by atoms with Crippen LogP contribution in [0.25, 0.3) is 22.3 Å². The van der Waals surface area contributed by atoms with Gasteiger partial charge in [-0.2, -0.15) is 18.3 Å². The zero-order valence-corrected chi connectivity index (χ0v) is 84.2. The van der Waals surface area contributed by atoms with E-state index >= 15 is 0 Å². The minimum atomic E-state index is -0.140. The summed E-state index contributed by atoms with van der Waals surface area (Å²) >= 11 is 7.03. The van der Waals surface area contributed by atoms with Crippen molar-refractivity contribution in [1.82, 2.24) is 18.3 Å². The van der Waals surface area contributed by atoms with E-state index in [1.54, 1.807) is 0 Å². The molecule has 140 heavy (non-hydrogen) atoms. The van der Waals surface area contributed by atoms with Crippen LogP contribution in [0.4, 0.5) is 0 Å². The number of ketones is 4. The molecule has 4 aromatic heterocycles. The topological polar surface area (TPSA) is 192 Å². The minimum absolute atomic E-state index is 0.0674. The number of carbonyl (C=O) groups excluding carboxylic acids is 4. The van der Waals surface area contributed by atoms with E-state index < -0.39 is 0 Å². The molecule has 10 aromatic rings. The highest BCUT2D eigenvalue weighted by Crippen LogP contribution is 2.49. The molecule has 6 aromatic carbocycles. The maximum Gasteiger partial charge on any atom is 0.219 e. The maximum atomic E-state index is 14.1. The number of rotatable bonds is 20. The zero-order chi connectivity index (χ0) is 96.4. The lowest BCUT2D eigenvalue weighted by molar-refractivity contribution is -0.487. The highest BCUT2D eigenvalue weighted by atomic mass is 79.9. The fraction of sp³-hybridized carbons (Fsp3) is 0.311. The summed E-state index contributed by atoms with van der Waals surface area (Å²) in [6.45, 7) is 12.3. The molecule has 0 radical (unpaired) electrons. The third-order valence-corrected chi connectivity index (χ3v) is 32.4. The lowest BCUT2D eigenvalue weighted by atomic mass is 9.82. The first-order valence-electron chi connectivity index (χ1n) is 50.6. The predicted octanol–water partition coefficient (Wildman–Crippen LogP) is 19.3. The predicted molar refractivity (Wildman–Crippen MR) is 552 cm³/mol. The Morgan fingerprint density at radius 1 is 0.343 bits per heavy atom. The fourth-order valence-corrected chi connectivity index (χ4v) is 24.5. The SMILES string of the molecule is CC1=CC(C)=[N+](C)C1=C1C(=O)C(c2c(C)cc(C)n2C)=C1[O-].O=C1C(c2cc3c(n2CCc2ccc(Br)cc2)CCC3)=C([O-])/C1=C1\C=C2CCCC2=[N+]1CCc1ccc(Br)cc1.O=C1C(c2cc3c(n2CCc2ccccc2)CCCCC3)=C([O-])/C1=C1\C=C2CCCCCC2=[N+]1CCc1ccccc1.O=C1C(c2cc3c(n2Cc2ccccc2)CCC3)=C([O-])/C1=C1\C=C2CCCC2=[N+]1Cc1ccccc1. The highest BCUT2D eigenvalue weighted by Gasteiger charge is 2.47. The number of halogens is 2.